The molecule has 1 aliphatic heterocycles. The lowest BCUT2D eigenvalue weighted by atomic mass is 10.1. The summed E-state index contributed by atoms with van der Waals surface area (Å²) >= 11 is 5.34. The highest BCUT2D eigenvalue weighted by atomic mass is 32.1. The van der Waals surface area contributed by atoms with Crippen molar-refractivity contribution in [3.63, 3.8) is 0 Å². The van der Waals surface area contributed by atoms with Gasteiger partial charge in [0.2, 0.25) is 0 Å². The Kier molecular flexibility index (Phi) is 7.36. The molecule has 1 aliphatic rings. The number of ether oxygens (including phenoxy) is 3. The lowest BCUT2D eigenvalue weighted by Gasteiger charge is -2.30. The first-order chi connectivity index (χ1) is 18.1. The second kappa shape index (κ2) is 10.5. The van der Waals surface area contributed by atoms with Gasteiger partial charge < -0.3 is 18.8 Å². The molecule has 0 spiro atoms. The quantitative estimate of drug-likeness (QED) is 0.221. The SMILES string of the molecule is COC(=O)c1ccc(-n2c(C)cc(/C=C3\C(=O)NC(=S)N(c4ccc(OC)cc4OC)C3=O)c2C)c(C)c1. The molecular formula is C28H27N3O6S. The standard InChI is InChI=1S/C28H27N3O6S/c1-15-11-18(27(34)37-6)7-9-22(15)30-16(2)12-19(17(30)3)13-21-25(32)29-28(38)31(26(21)33)23-10-8-20(35-4)14-24(23)36-5/h7-14H,1-6H3,(H,29,32,38)/b21-13+. The molecule has 0 aliphatic carbocycles. The fourth-order valence-electron chi connectivity index (χ4n) is 4.46. The number of esters is 1. The molecule has 9 nitrogen and oxygen atoms in total. The van der Waals surface area contributed by atoms with Gasteiger partial charge >= 0.3 is 5.97 Å². The molecule has 4 rings (SSSR count). The summed E-state index contributed by atoms with van der Waals surface area (Å²) < 4.78 is 17.5. The van der Waals surface area contributed by atoms with E-state index < -0.39 is 17.8 Å². The van der Waals surface area contributed by atoms with Crippen molar-refractivity contribution in [3.8, 4) is 17.2 Å². The second-order valence-corrected chi connectivity index (χ2v) is 9.04. The predicted octanol–water partition coefficient (Wildman–Crippen LogP) is 4.04. The van der Waals surface area contributed by atoms with Gasteiger partial charge in [0.1, 0.15) is 17.1 Å². The third-order valence-corrected chi connectivity index (χ3v) is 6.64. The Balaban J connectivity index is 1.76. The zero-order valence-electron chi connectivity index (χ0n) is 21.9. The summed E-state index contributed by atoms with van der Waals surface area (Å²) in [4.78, 5) is 39.7. The molecule has 196 valence electrons. The molecule has 0 bridgehead atoms. The van der Waals surface area contributed by atoms with Crippen molar-refractivity contribution in [2.75, 3.05) is 26.2 Å². The molecule has 0 saturated carbocycles. The Morgan fingerprint density at radius 2 is 1.66 bits per heavy atom. The van der Waals surface area contributed by atoms with E-state index in [0.29, 0.717) is 28.3 Å². The Hall–Kier alpha value is -4.44. The van der Waals surface area contributed by atoms with E-state index in [2.05, 4.69) is 5.32 Å². The van der Waals surface area contributed by atoms with Crippen LogP contribution in [0.15, 0.2) is 48.0 Å². The van der Waals surface area contributed by atoms with E-state index in [1.54, 1.807) is 36.4 Å². The lowest BCUT2D eigenvalue weighted by molar-refractivity contribution is -0.122. The van der Waals surface area contributed by atoms with Crippen molar-refractivity contribution < 1.29 is 28.6 Å². The van der Waals surface area contributed by atoms with Gasteiger partial charge in [-0.2, -0.15) is 0 Å². The van der Waals surface area contributed by atoms with E-state index in [4.69, 9.17) is 26.4 Å². The summed E-state index contributed by atoms with van der Waals surface area (Å²) in [5, 5.41) is 2.56. The Bertz CT molecular complexity index is 1520. The van der Waals surface area contributed by atoms with Crippen LogP contribution >= 0.6 is 12.2 Å². The summed E-state index contributed by atoms with van der Waals surface area (Å²) in [7, 11) is 4.34. The van der Waals surface area contributed by atoms with Crippen LogP contribution in [0.1, 0.15) is 32.9 Å². The summed E-state index contributed by atoms with van der Waals surface area (Å²) in [6.07, 6.45) is 1.55. The van der Waals surface area contributed by atoms with Crippen LogP contribution in [0.25, 0.3) is 11.8 Å². The molecule has 1 saturated heterocycles. The minimum atomic E-state index is -0.591. The molecule has 1 N–H and O–H groups in total. The van der Waals surface area contributed by atoms with Gasteiger partial charge in [-0.25, -0.2) is 9.69 Å². The molecule has 2 amide bonds. The second-order valence-electron chi connectivity index (χ2n) is 8.65. The van der Waals surface area contributed by atoms with Gasteiger partial charge in [0.05, 0.1) is 32.6 Å². The van der Waals surface area contributed by atoms with Crippen molar-refractivity contribution >= 4 is 46.9 Å². The van der Waals surface area contributed by atoms with Crippen LogP contribution in [0.4, 0.5) is 5.69 Å². The number of benzene rings is 2. The average molecular weight is 534 g/mol. The van der Waals surface area contributed by atoms with Crippen molar-refractivity contribution in [2.24, 2.45) is 0 Å². The molecule has 1 fully saturated rings. The largest absolute Gasteiger partial charge is 0.497 e. The Morgan fingerprint density at radius 3 is 2.29 bits per heavy atom. The number of nitrogens with zero attached hydrogens (tertiary/aromatic N) is 2. The first-order valence-corrected chi connectivity index (χ1v) is 12.0. The minimum Gasteiger partial charge on any atom is -0.497 e. The maximum atomic E-state index is 13.6. The summed E-state index contributed by atoms with van der Waals surface area (Å²) in [6, 6.07) is 12.1. The van der Waals surface area contributed by atoms with E-state index in [-0.39, 0.29) is 10.7 Å². The van der Waals surface area contributed by atoms with Gasteiger partial charge in [-0.3, -0.25) is 14.9 Å². The van der Waals surface area contributed by atoms with Gasteiger partial charge in [0, 0.05) is 23.1 Å². The maximum absolute atomic E-state index is 13.6. The third kappa shape index (κ3) is 4.66. The van der Waals surface area contributed by atoms with Gasteiger partial charge in [-0.1, -0.05) is 0 Å². The van der Waals surface area contributed by atoms with E-state index in [9.17, 15) is 14.4 Å². The molecule has 2 aromatic carbocycles. The molecule has 0 radical (unpaired) electrons. The van der Waals surface area contributed by atoms with Gasteiger partial charge in [-0.05, 0) is 86.6 Å². The molecule has 2 heterocycles. The van der Waals surface area contributed by atoms with Crippen LogP contribution in [0.2, 0.25) is 0 Å². The third-order valence-electron chi connectivity index (χ3n) is 6.36. The number of rotatable bonds is 6. The molecule has 1 aromatic heterocycles. The van der Waals surface area contributed by atoms with Crippen molar-refractivity contribution in [3.05, 3.63) is 76.1 Å². The smallest absolute Gasteiger partial charge is 0.337 e. The zero-order valence-corrected chi connectivity index (χ0v) is 22.7. The number of amides is 2. The monoisotopic (exact) mass is 533 g/mol. The van der Waals surface area contributed by atoms with Crippen molar-refractivity contribution in [1.82, 2.24) is 9.88 Å². The summed E-state index contributed by atoms with van der Waals surface area (Å²) in [5.74, 6) is -0.677. The average Bonchev–Trinajstić information content (AvgIpc) is 3.18. The maximum Gasteiger partial charge on any atom is 0.337 e. The highest BCUT2D eigenvalue weighted by Gasteiger charge is 2.36. The topological polar surface area (TPSA) is 99.1 Å². The number of carbonyl (C=O) groups is 3. The molecular weight excluding hydrogens is 506 g/mol. The van der Waals surface area contributed by atoms with Crippen molar-refractivity contribution in [1.29, 1.82) is 0 Å². The molecule has 0 unspecified atom stereocenters. The van der Waals surface area contributed by atoms with E-state index in [1.165, 1.54) is 26.2 Å². The number of hydrogen-bond acceptors (Lipinski definition) is 7. The number of hydrogen-bond donors (Lipinski definition) is 1. The highest BCUT2D eigenvalue weighted by Crippen LogP contribution is 2.35. The Morgan fingerprint density at radius 1 is 0.947 bits per heavy atom. The number of aryl methyl sites for hydroxylation is 2. The Labute approximate surface area is 225 Å². The molecule has 0 atom stereocenters. The van der Waals surface area contributed by atoms with Gasteiger partial charge in [0.15, 0.2) is 5.11 Å². The van der Waals surface area contributed by atoms with Crippen LogP contribution in [-0.2, 0) is 14.3 Å². The van der Waals surface area contributed by atoms with Gasteiger partial charge in [-0.15, -0.1) is 0 Å². The first-order valence-electron chi connectivity index (χ1n) is 11.6. The number of anilines is 1. The lowest BCUT2D eigenvalue weighted by Crippen LogP contribution is -2.54. The van der Waals surface area contributed by atoms with Gasteiger partial charge in [0.25, 0.3) is 11.8 Å². The normalized spacial score (nSPS) is 14.5. The van der Waals surface area contributed by atoms with Crippen LogP contribution < -0.4 is 19.7 Å². The van der Waals surface area contributed by atoms with Crippen LogP contribution in [0.5, 0.6) is 11.5 Å². The highest BCUT2D eigenvalue weighted by molar-refractivity contribution is 7.80. The zero-order chi connectivity index (χ0) is 27.7. The van der Waals surface area contributed by atoms with Crippen LogP contribution in [0, 0.1) is 20.8 Å². The van der Waals surface area contributed by atoms with E-state index >= 15 is 0 Å². The number of thiocarbonyl (C=S) groups is 1. The predicted molar refractivity (Wildman–Crippen MR) is 147 cm³/mol. The van der Waals surface area contributed by atoms with Crippen molar-refractivity contribution in [2.45, 2.75) is 20.8 Å². The molecule has 10 heteroatoms. The number of aromatic nitrogens is 1. The molecule has 3 aromatic rings. The fraction of sp³-hybridized carbons (Fsp3) is 0.214. The fourth-order valence-corrected chi connectivity index (χ4v) is 4.73. The molecule has 38 heavy (non-hydrogen) atoms. The number of nitrogens with one attached hydrogen (secondary N) is 1. The number of carbonyl (C=O) groups excluding carboxylic acids is 3. The minimum absolute atomic E-state index is 0.0487. The summed E-state index contributed by atoms with van der Waals surface area (Å²) in [5.41, 5.74) is 4.86. The first kappa shape index (κ1) is 26.6. The van der Waals surface area contributed by atoms with Crippen LogP contribution in [0.3, 0.4) is 0 Å². The van der Waals surface area contributed by atoms with Crippen LogP contribution in [-0.4, -0.2) is 48.8 Å². The van der Waals surface area contributed by atoms with E-state index in [0.717, 1.165) is 22.6 Å². The number of methoxy groups -OCH3 is 3. The van der Waals surface area contributed by atoms with E-state index in [1.807, 2.05) is 37.5 Å². The summed E-state index contributed by atoms with van der Waals surface area (Å²) in [6.45, 7) is 5.72.